The van der Waals surface area contributed by atoms with Gasteiger partial charge in [-0.15, -0.1) is 0 Å². The van der Waals surface area contributed by atoms with Crippen molar-refractivity contribution in [1.29, 1.82) is 0 Å². The van der Waals surface area contributed by atoms with Crippen LogP contribution in [0.2, 0.25) is 0 Å². The second-order valence-corrected chi connectivity index (χ2v) is 3.01. The minimum absolute atomic E-state index is 0.118. The van der Waals surface area contributed by atoms with Crippen molar-refractivity contribution in [2.24, 2.45) is 0 Å². The molecule has 0 heterocycles. The third-order valence-electron chi connectivity index (χ3n) is 1.75. The average Bonchev–Trinajstić information content (AvgIpc) is 2.04. The summed E-state index contributed by atoms with van der Waals surface area (Å²) in [6, 6.07) is 0. The van der Waals surface area contributed by atoms with Gasteiger partial charge in [-0.25, -0.2) is 4.79 Å². The zero-order chi connectivity index (χ0) is 10.5. The molecule has 0 aromatic rings. The van der Waals surface area contributed by atoms with Crippen LogP contribution in [0.15, 0.2) is 0 Å². The van der Waals surface area contributed by atoms with Crippen molar-refractivity contribution in [2.45, 2.75) is 32.0 Å². The Labute approximate surface area is 77.0 Å². The fraction of sp³-hybridized carbons (Fsp3) is 0.875. The second kappa shape index (κ2) is 5.16. The van der Waals surface area contributed by atoms with Crippen molar-refractivity contribution in [2.75, 3.05) is 13.2 Å². The van der Waals surface area contributed by atoms with Crippen LogP contribution in [0.4, 0.5) is 0 Å². The molecule has 0 aromatic heterocycles. The van der Waals surface area contributed by atoms with Crippen molar-refractivity contribution in [3.63, 3.8) is 0 Å². The minimum Gasteiger partial charge on any atom is -0.479 e. The summed E-state index contributed by atoms with van der Waals surface area (Å²) in [7, 11) is 0. The topological polar surface area (TPSA) is 87.0 Å². The molecule has 0 rings (SSSR count). The van der Waals surface area contributed by atoms with Gasteiger partial charge in [0.1, 0.15) is 0 Å². The van der Waals surface area contributed by atoms with E-state index in [1.807, 2.05) is 0 Å². The highest BCUT2D eigenvalue weighted by Gasteiger charge is 2.35. The predicted octanol–water partition coefficient (Wildman–Crippen LogP) is -0.391. The van der Waals surface area contributed by atoms with Crippen LogP contribution in [0.5, 0.6) is 0 Å². The molecule has 5 nitrogen and oxygen atoms in total. The summed E-state index contributed by atoms with van der Waals surface area (Å²) in [5.41, 5.74) is -1.42. The molecular formula is C8H16O5. The quantitative estimate of drug-likeness (QED) is 0.533. The van der Waals surface area contributed by atoms with E-state index in [1.165, 1.54) is 6.92 Å². The first-order valence-electron chi connectivity index (χ1n) is 4.12. The number of rotatable bonds is 6. The summed E-state index contributed by atoms with van der Waals surface area (Å²) in [4.78, 5) is 10.7. The molecule has 0 radical (unpaired) electrons. The molecule has 0 aliphatic rings. The number of aliphatic hydroxyl groups excluding tert-OH is 2. The summed E-state index contributed by atoms with van der Waals surface area (Å²) >= 11 is 0. The van der Waals surface area contributed by atoms with Gasteiger partial charge < -0.3 is 20.1 Å². The van der Waals surface area contributed by atoms with E-state index in [1.54, 1.807) is 6.92 Å². The molecule has 0 bridgehead atoms. The van der Waals surface area contributed by atoms with Crippen molar-refractivity contribution < 1.29 is 24.9 Å². The standard InChI is InChI=1S/C8H16O5/c1-3-13-8(2,7(11)12)4-6(10)5-9/h6,9-10H,3-5H2,1-2H3,(H,11,12). The van der Waals surface area contributed by atoms with Gasteiger partial charge in [0.25, 0.3) is 0 Å². The van der Waals surface area contributed by atoms with Crippen LogP contribution in [0, 0.1) is 0 Å². The average molecular weight is 192 g/mol. The van der Waals surface area contributed by atoms with Crippen LogP contribution in [0.1, 0.15) is 20.3 Å². The van der Waals surface area contributed by atoms with E-state index in [9.17, 15) is 4.79 Å². The second-order valence-electron chi connectivity index (χ2n) is 3.01. The SMILES string of the molecule is CCOC(C)(CC(O)CO)C(=O)O. The Morgan fingerprint density at radius 1 is 1.62 bits per heavy atom. The Morgan fingerprint density at radius 2 is 2.15 bits per heavy atom. The Balaban J connectivity index is 4.32. The maximum absolute atomic E-state index is 10.7. The molecule has 5 heteroatoms. The van der Waals surface area contributed by atoms with Crippen LogP contribution < -0.4 is 0 Å². The monoisotopic (exact) mass is 192 g/mol. The lowest BCUT2D eigenvalue weighted by Gasteiger charge is -2.26. The van der Waals surface area contributed by atoms with E-state index in [0.29, 0.717) is 0 Å². The predicted molar refractivity (Wildman–Crippen MR) is 45.4 cm³/mol. The third-order valence-corrected chi connectivity index (χ3v) is 1.75. The lowest BCUT2D eigenvalue weighted by molar-refractivity contribution is -0.167. The number of carboxylic acids is 1. The Bertz CT molecular complexity index is 170. The maximum Gasteiger partial charge on any atom is 0.335 e. The first-order valence-corrected chi connectivity index (χ1v) is 4.12. The van der Waals surface area contributed by atoms with Crippen molar-refractivity contribution in [1.82, 2.24) is 0 Å². The molecule has 2 unspecified atom stereocenters. The van der Waals surface area contributed by atoms with Gasteiger partial charge in [0.05, 0.1) is 12.7 Å². The molecule has 0 aromatic carbocycles. The van der Waals surface area contributed by atoms with Gasteiger partial charge in [-0.1, -0.05) is 0 Å². The zero-order valence-corrected chi connectivity index (χ0v) is 7.86. The van der Waals surface area contributed by atoms with Crippen molar-refractivity contribution >= 4 is 5.97 Å². The number of hydrogen-bond acceptors (Lipinski definition) is 4. The Morgan fingerprint density at radius 3 is 2.46 bits per heavy atom. The van der Waals surface area contributed by atoms with Gasteiger partial charge in [0.15, 0.2) is 5.60 Å². The molecule has 0 aliphatic heterocycles. The van der Waals surface area contributed by atoms with Crippen LogP contribution in [0.25, 0.3) is 0 Å². The minimum atomic E-state index is -1.42. The fourth-order valence-electron chi connectivity index (χ4n) is 1.04. The molecule has 0 amide bonds. The fourth-order valence-corrected chi connectivity index (χ4v) is 1.04. The van der Waals surface area contributed by atoms with Crippen LogP contribution in [0.3, 0.4) is 0 Å². The van der Waals surface area contributed by atoms with Gasteiger partial charge in [-0.05, 0) is 13.8 Å². The lowest BCUT2D eigenvalue weighted by atomic mass is 9.98. The number of hydrogen-bond donors (Lipinski definition) is 3. The molecule has 0 saturated carbocycles. The van der Waals surface area contributed by atoms with E-state index in [4.69, 9.17) is 20.1 Å². The van der Waals surface area contributed by atoms with Gasteiger partial charge in [0, 0.05) is 13.0 Å². The number of ether oxygens (including phenoxy) is 1. The van der Waals surface area contributed by atoms with Crippen molar-refractivity contribution in [3.8, 4) is 0 Å². The zero-order valence-electron chi connectivity index (χ0n) is 7.86. The molecule has 0 saturated heterocycles. The molecule has 3 N–H and O–H groups in total. The summed E-state index contributed by atoms with van der Waals surface area (Å²) < 4.78 is 4.99. The van der Waals surface area contributed by atoms with Gasteiger partial charge >= 0.3 is 5.97 Å². The number of aliphatic carboxylic acids is 1. The Kier molecular flexibility index (Phi) is 4.90. The van der Waals surface area contributed by atoms with Gasteiger partial charge in [-0.3, -0.25) is 0 Å². The number of carbonyl (C=O) groups is 1. The summed E-state index contributed by atoms with van der Waals surface area (Å²) in [6.45, 7) is 2.83. The number of aliphatic hydroxyl groups is 2. The van der Waals surface area contributed by atoms with E-state index in [2.05, 4.69) is 0 Å². The largest absolute Gasteiger partial charge is 0.479 e. The summed E-state index contributed by atoms with van der Waals surface area (Å²) in [5, 5.41) is 26.4. The van der Waals surface area contributed by atoms with E-state index >= 15 is 0 Å². The molecular weight excluding hydrogens is 176 g/mol. The van der Waals surface area contributed by atoms with E-state index in [0.717, 1.165) is 0 Å². The number of carboxylic acid groups (broad SMARTS) is 1. The summed E-state index contributed by atoms with van der Waals surface area (Å²) in [5.74, 6) is -1.14. The highest BCUT2D eigenvalue weighted by molar-refractivity contribution is 5.76. The molecule has 13 heavy (non-hydrogen) atoms. The molecule has 0 fully saturated rings. The first kappa shape index (κ1) is 12.3. The van der Waals surface area contributed by atoms with Crippen LogP contribution in [-0.4, -0.2) is 46.2 Å². The van der Waals surface area contributed by atoms with Crippen molar-refractivity contribution in [3.05, 3.63) is 0 Å². The Hall–Kier alpha value is -0.650. The van der Waals surface area contributed by atoms with Crippen LogP contribution >= 0.6 is 0 Å². The third kappa shape index (κ3) is 3.71. The highest BCUT2D eigenvalue weighted by Crippen LogP contribution is 2.18. The lowest BCUT2D eigenvalue weighted by Crippen LogP contribution is -2.42. The normalized spacial score (nSPS) is 17.8. The maximum atomic E-state index is 10.7. The van der Waals surface area contributed by atoms with Gasteiger partial charge in [-0.2, -0.15) is 0 Å². The molecule has 78 valence electrons. The first-order chi connectivity index (χ1) is 5.96. The highest BCUT2D eigenvalue weighted by atomic mass is 16.5. The van der Waals surface area contributed by atoms with E-state index in [-0.39, 0.29) is 13.0 Å². The summed E-state index contributed by atoms with van der Waals surface area (Å²) in [6.07, 6.45) is -1.18. The molecule has 0 aliphatic carbocycles. The van der Waals surface area contributed by atoms with E-state index < -0.39 is 24.3 Å². The van der Waals surface area contributed by atoms with Crippen LogP contribution in [-0.2, 0) is 9.53 Å². The molecule has 2 atom stereocenters. The van der Waals surface area contributed by atoms with Gasteiger partial charge in [0.2, 0.25) is 0 Å². The molecule has 0 spiro atoms. The smallest absolute Gasteiger partial charge is 0.335 e.